The van der Waals surface area contributed by atoms with E-state index in [1.165, 1.54) is 44.9 Å². The number of aliphatic hydroxyl groups excluding tert-OH is 1. The monoisotopic (exact) mass is 700 g/mol. The number of hydrogen-bond acceptors (Lipinski definition) is 14. The van der Waals surface area contributed by atoms with Crippen LogP contribution in [0.2, 0.25) is 0 Å². The zero-order valence-electron chi connectivity index (χ0n) is 22.5. The number of thiol groups is 1. The third-order valence-corrected chi connectivity index (χ3v) is 12.9. The first-order chi connectivity index (χ1) is 21.4. The van der Waals surface area contributed by atoms with Crippen molar-refractivity contribution in [3.8, 4) is 0 Å². The van der Waals surface area contributed by atoms with Crippen molar-refractivity contribution in [3.05, 3.63) is 41.7 Å². The topological polar surface area (TPSA) is 232 Å². The lowest BCUT2D eigenvalue weighted by Gasteiger charge is -2.28. The molecule has 5 N–H and O–H groups in total. The summed E-state index contributed by atoms with van der Waals surface area (Å²) < 4.78 is 57.9. The molecule has 1 aliphatic carbocycles. The minimum absolute atomic E-state index is 0.0649. The van der Waals surface area contributed by atoms with Gasteiger partial charge in [-0.05, 0) is 11.8 Å². The molecule has 0 spiro atoms. The molecule has 0 aromatic carbocycles. The number of fused-ring (bicyclic) bond motifs is 6. The number of aromatic nitrogens is 9. The van der Waals surface area contributed by atoms with Crippen molar-refractivity contribution in [2.75, 3.05) is 12.3 Å². The second-order valence-electron chi connectivity index (χ2n) is 10.8. The van der Waals surface area contributed by atoms with Crippen LogP contribution in [0.3, 0.4) is 0 Å². The minimum atomic E-state index is -4.29. The van der Waals surface area contributed by atoms with E-state index in [0.29, 0.717) is 0 Å². The molecule has 2 bridgehead atoms. The SMILES string of the molecule is Nc1ncnc2c1ncn2[C@@H]1O[C@@H]2COP(O)(=S)O[C@@H]3[C@H](O)[C@H](C[C@H]3n3cnc4c(=O)n5ccnc5[nH]c43)OP(=O)(S)[C@H]2[C@H]1F. The lowest BCUT2D eigenvalue weighted by atomic mass is 10.2. The minimum Gasteiger partial charge on any atom is -0.388 e. The molecule has 5 aromatic rings. The molecule has 2 aliphatic heterocycles. The number of imidazole rings is 3. The molecule has 10 atom stereocenters. The summed E-state index contributed by atoms with van der Waals surface area (Å²) in [7, 11) is 0. The van der Waals surface area contributed by atoms with Crippen molar-refractivity contribution in [2.45, 2.75) is 54.9 Å². The molecule has 8 rings (SSSR count). The molecule has 23 heteroatoms. The summed E-state index contributed by atoms with van der Waals surface area (Å²) in [5.74, 6) is 0.300. The van der Waals surface area contributed by atoms with E-state index in [1.54, 1.807) is 0 Å². The quantitative estimate of drug-likeness (QED) is 0.127. The predicted molar refractivity (Wildman–Crippen MR) is 160 cm³/mol. The highest BCUT2D eigenvalue weighted by molar-refractivity contribution is 8.46. The van der Waals surface area contributed by atoms with Crippen LogP contribution in [-0.2, 0) is 34.7 Å². The van der Waals surface area contributed by atoms with Gasteiger partial charge < -0.3 is 43.6 Å². The van der Waals surface area contributed by atoms with E-state index in [1.807, 2.05) is 0 Å². The summed E-state index contributed by atoms with van der Waals surface area (Å²) in [5, 5.41) is 11.4. The molecule has 2 unspecified atom stereocenters. The number of nitrogen functional groups attached to an aromatic ring is 1. The van der Waals surface area contributed by atoms with Crippen molar-refractivity contribution >= 4 is 71.3 Å². The molecule has 3 fully saturated rings. The van der Waals surface area contributed by atoms with Crippen LogP contribution in [-0.4, -0.2) is 96.3 Å². The van der Waals surface area contributed by atoms with Crippen molar-refractivity contribution in [3.63, 3.8) is 0 Å². The highest BCUT2D eigenvalue weighted by Gasteiger charge is 2.58. The van der Waals surface area contributed by atoms with E-state index in [2.05, 4.69) is 42.2 Å². The van der Waals surface area contributed by atoms with Crippen LogP contribution in [0, 0.1) is 0 Å². The lowest BCUT2D eigenvalue weighted by molar-refractivity contribution is -0.0381. The number of aromatic amines is 1. The molecule has 1 saturated carbocycles. The Balaban J connectivity index is 1.17. The number of nitrogens with two attached hydrogens (primary N) is 1. The number of halogens is 1. The van der Waals surface area contributed by atoms with E-state index in [0.717, 1.165) is 0 Å². The highest BCUT2D eigenvalue weighted by atomic mass is 32.7. The van der Waals surface area contributed by atoms with E-state index in [4.69, 9.17) is 35.8 Å². The second kappa shape index (κ2) is 10.3. The summed E-state index contributed by atoms with van der Waals surface area (Å²) in [5.41, 5.74) is 4.57. The maximum absolute atomic E-state index is 16.4. The van der Waals surface area contributed by atoms with Gasteiger partial charge in [0.05, 0.1) is 37.5 Å². The summed E-state index contributed by atoms with van der Waals surface area (Å²) >= 11 is 9.60. The Morgan fingerprint density at radius 2 is 1.91 bits per heavy atom. The number of hydrogen-bond donors (Lipinski definition) is 5. The normalized spacial score (nSPS) is 37.3. The van der Waals surface area contributed by atoms with Crippen LogP contribution in [0.5, 0.6) is 0 Å². The summed E-state index contributed by atoms with van der Waals surface area (Å²) in [6.07, 6.45) is -2.18. The molecule has 2 saturated heterocycles. The number of nitrogens with zero attached hydrogens (tertiary/aromatic N) is 8. The van der Waals surface area contributed by atoms with Crippen LogP contribution in [0.25, 0.3) is 28.1 Å². The van der Waals surface area contributed by atoms with Gasteiger partial charge in [0.25, 0.3) is 12.1 Å². The van der Waals surface area contributed by atoms with Gasteiger partial charge >= 0.3 is 6.72 Å². The van der Waals surface area contributed by atoms with Crippen LogP contribution in [0.4, 0.5) is 10.2 Å². The molecule has 238 valence electrons. The molecule has 7 heterocycles. The number of rotatable bonds is 2. The predicted octanol–water partition coefficient (Wildman–Crippen LogP) is 0.844. The Labute approximate surface area is 260 Å². The Morgan fingerprint density at radius 3 is 2.73 bits per heavy atom. The third kappa shape index (κ3) is 4.60. The first-order valence-corrected chi connectivity index (χ1v) is 18.9. The molecule has 5 aromatic heterocycles. The van der Waals surface area contributed by atoms with Crippen LogP contribution in [0.15, 0.2) is 36.2 Å². The van der Waals surface area contributed by atoms with Gasteiger partial charge in [-0.1, -0.05) is 12.2 Å². The van der Waals surface area contributed by atoms with Crippen molar-refractivity contribution < 1.29 is 37.3 Å². The molecular weight excluding hydrogens is 677 g/mol. The van der Waals surface area contributed by atoms with E-state index >= 15 is 4.39 Å². The molecule has 0 radical (unpaired) electrons. The average molecular weight is 701 g/mol. The zero-order valence-corrected chi connectivity index (χ0v) is 26.0. The number of anilines is 1. The zero-order chi connectivity index (χ0) is 31.4. The van der Waals surface area contributed by atoms with E-state index in [9.17, 15) is 19.4 Å². The van der Waals surface area contributed by atoms with Crippen molar-refractivity contribution in [1.29, 1.82) is 0 Å². The van der Waals surface area contributed by atoms with Gasteiger partial charge in [0.2, 0.25) is 5.78 Å². The van der Waals surface area contributed by atoms with Crippen LogP contribution in [0.1, 0.15) is 18.7 Å². The highest BCUT2D eigenvalue weighted by Crippen LogP contribution is 2.66. The van der Waals surface area contributed by atoms with E-state index < -0.39 is 74.0 Å². The van der Waals surface area contributed by atoms with E-state index in [-0.39, 0.29) is 40.3 Å². The van der Waals surface area contributed by atoms with Gasteiger partial charge in [0.1, 0.15) is 35.4 Å². The van der Waals surface area contributed by atoms with Gasteiger partial charge in [-0.15, -0.1) is 0 Å². The fourth-order valence-corrected chi connectivity index (χ4v) is 10.7. The van der Waals surface area contributed by atoms with Gasteiger partial charge in [0.15, 0.2) is 29.4 Å². The third-order valence-electron chi connectivity index (χ3n) is 8.29. The molecular formula is C22H23FN10O8P2S2. The summed E-state index contributed by atoms with van der Waals surface area (Å²) in [6, 6.07) is -0.874. The number of H-pyrrole nitrogens is 1. The van der Waals surface area contributed by atoms with Crippen molar-refractivity contribution in [2.24, 2.45) is 0 Å². The molecule has 0 amide bonds. The van der Waals surface area contributed by atoms with Gasteiger partial charge in [-0.25, -0.2) is 33.7 Å². The average Bonchev–Trinajstić information content (AvgIpc) is 3.80. The number of aliphatic hydroxyl groups is 1. The van der Waals surface area contributed by atoms with Gasteiger partial charge in [-0.2, -0.15) is 0 Å². The Hall–Kier alpha value is -2.84. The maximum atomic E-state index is 16.4. The Morgan fingerprint density at radius 1 is 1.13 bits per heavy atom. The number of alkyl halides is 1. The lowest BCUT2D eigenvalue weighted by Crippen LogP contribution is -2.35. The summed E-state index contributed by atoms with van der Waals surface area (Å²) in [6.45, 7) is -9.00. The Kier molecular flexibility index (Phi) is 6.79. The van der Waals surface area contributed by atoms with Gasteiger partial charge in [0, 0.05) is 18.8 Å². The van der Waals surface area contributed by atoms with Crippen LogP contribution < -0.4 is 11.3 Å². The Bertz CT molecular complexity index is 2140. The maximum Gasteiger partial charge on any atom is 0.325 e. The largest absolute Gasteiger partial charge is 0.388 e. The molecule has 45 heavy (non-hydrogen) atoms. The van der Waals surface area contributed by atoms with Crippen LogP contribution >= 0.6 is 25.5 Å². The first kappa shape index (κ1) is 29.6. The standard InChI is InChI=1S/C22H23FN10O8P2S2/c23-11-16-10(39-21(11)33-7-28-12-17(24)26-5-27-18(12)33)4-38-43(37,45)41-15-8(3-9(14(15)34)40-42(16,36)44)32-6-29-13-19(32)30-22-25-1-2-31(22)20(13)35/h1-2,5-11,14-16,21,34H,3-4H2,(H,25,30)(H,36,44)(H,37,45)(H2,24,26,27)/t8-,9+,10-,11-,14-,15+,16-,21-,42?,43?/m1/s1. The smallest absolute Gasteiger partial charge is 0.325 e. The van der Waals surface area contributed by atoms with Crippen molar-refractivity contribution in [1.82, 2.24) is 43.4 Å². The summed E-state index contributed by atoms with van der Waals surface area (Å²) in [4.78, 5) is 47.6. The fraction of sp³-hybridized carbons (Fsp3) is 0.455. The molecule has 18 nitrogen and oxygen atoms in total. The van der Waals surface area contributed by atoms with Gasteiger partial charge in [-0.3, -0.25) is 13.9 Å². The molecule has 3 aliphatic rings. The fourth-order valence-electron chi connectivity index (χ4n) is 6.26. The number of ether oxygens (including phenoxy) is 1. The first-order valence-electron chi connectivity index (χ1n) is 13.4. The second-order valence-corrected chi connectivity index (χ2v) is 17.2. The number of nitrogens with one attached hydrogen (secondary N) is 1.